The molecule has 1 aromatic carbocycles. The van der Waals surface area contributed by atoms with Crippen LogP contribution in [0.1, 0.15) is 33.1 Å². The summed E-state index contributed by atoms with van der Waals surface area (Å²) in [5.74, 6) is 0.598. The SMILES string of the molecule is CCC1(CC)C(Cl)CC1Oc1c(Br)cc([N+](=O)[O-])cc1Br. The molecule has 2 atom stereocenters. The smallest absolute Gasteiger partial charge is 0.271 e. The van der Waals surface area contributed by atoms with Crippen LogP contribution in [0, 0.1) is 15.5 Å². The molecule has 2 unspecified atom stereocenters. The van der Waals surface area contributed by atoms with Crippen LogP contribution in [0.5, 0.6) is 5.75 Å². The van der Waals surface area contributed by atoms with E-state index in [0.29, 0.717) is 14.7 Å². The van der Waals surface area contributed by atoms with E-state index in [1.165, 1.54) is 12.1 Å². The fourth-order valence-electron chi connectivity index (χ4n) is 2.92. The van der Waals surface area contributed by atoms with Crippen molar-refractivity contribution in [3.8, 4) is 5.75 Å². The minimum absolute atomic E-state index is 0.0159. The Labute approximate surface area is 145 Å². The number of hydrogen-bond acceptors (Lipinski definition) is 3. The number of nitro benzene ring substituents is 1. The number of nitrogens with zero attached hydrogens (tertiary/aromatic N) is 1. The zero-order valence-corrected chi connectivity index (χ0v) is 15.7. The predicted molar refractivity (Wildman–Crippen MR) is 90.2 cm³/mol. The monoisotopic (exact) mass is 439 g/mol. The van der Waals surface area contributed by atoms with Gasteiger partial charge >= 0.3 is 0 Å². The van der Waals surface area contributed by atoms with Crippen LogP contribution in [0.25, 0.3) is 0 Å². The molecule has 1 aromatic rings. The van der Waals surface area contributed by atoms with Gasteiger partial charge in [0.2, 0.25) is 0 Å². The van der Waals surface area contributed by atoms with Crippen molar-refractivity contribution in [3.63, 3.8) is 0 Å². The largest absolute Gasteiger partial charge is 0.487 e. The molecule has 1 saturated carbocycles. The van der Waals surface area contributed by atoms with Crippen LogP contribution in [-0.4, -0.2) is 16.4 Å². The Balaban J connectivity index is 2.27. The topological polar surface area (TPSA) is 52.4 Å². The Morgan fingerprint density at radius 2 is 1.90 bits per heavy atom. The molecule has 21 heavy (non-hydrogen) atoms. The van der Waals surface area contributed by atoms with E-state index in [9.17, 15) is 10.1 Å². The second-order valence-electron chi connectivity index (χ2n) is 5.25. The Morgan fingerprint density at radius 3 is 2.29 bits per heavy atom. The first-order chi connectivity index (χ1) is 9.85. The van der Waals surface area contributed by atoms with E-state index >= 15 is 0 Å². The van der Waals surface area contributed by atoms with Gasteiger partial charge in [0, 0.05) is 29.3 Å². The maximum atomic E-state index is 10.9. The highest BCUT2D eigenvalue weighted by atomic mass is 79.9. The van der Waals surface area contributed by atoms with E-state index < -0.39 is 4.92 Å². The molecule has 1 aliphatic carbocycles. The van der Waals surface area contributed by atoms with Crippen LogP contribution < -0.4 is 4.74 Å². The normalized spacial score (nSPS) is 23.5. The second kappa shape index (κ2) is 6.42. The first-order valence-corrected chi connectivity index (χ1v) is 8.82. The Morgan fingerprint density at radius 1 is 1.38 bits per heavy atom. The van der Waals surface area contributed by atoms with E-state index in [1.54, 1.807) is 0 Å². The minimum Gasteiger partial charge on any atom is -0.487 e. The van der Waals surface area contributed by atoms with Crippen LogP contribution in [0.3, 0.4) is 0 Å². The van der Waals surface area contributed by atoms with E-state index in [2.05, 4.69) is 45.7 Å². The van der Waals surface area contributed by atoms with Crippen molar-refractivity contribution in [2.45, 2.75) is 44.6 Å². The number of halogens is 3. The first-order valence-electron chi connectivity index (χ1n) is 6.79. The highest BCUT2D eigenvalue weighted by molar-refractivity contribution is 9.11. The van der Waals surface area contributed by atoms with Gasteiger partial charge in [-0.1, -0.05) is 13.8 Å². The van der Waals surface area contributed by atoms with Crippen molar-refractivity contribution in [1.82, 2.24) is 0 Å². The summed E-state index contributed by atoms with van der Waals surface area (Å²) in [5, 5.41) is 11.0. The molecule has 4 nitrogen and oxygen atoms in total. The Hall–Kier alpha value is -0.330. The van der Waals surface area contributed by atoms with E-state index in [1.807, 2.05) is 0 Å². The summed E-state index contributed by atoms with van der Waals surface area (Å²) < 4.78 is 7.26. The maximum Gasteiger partial charge on any atom is 0.271 e. The molecule has 116 valence electrons. The zero-order chi connectivity index (χ0) is 15.8. The number of non-ortho nitro benzene ring substituents is 1. The average Bonchev–Trinajstić information content (AvgIpc) is 2.42. The molecule has 0 bridgehead atoms. The van der Waals surface area contributed by atoms with Gasteiger partial charge in [-0.15, -0.1) is 11.6 Å². The summed E-state index contributed by atoms with van der Waals surface area (Å²) in [6.07, 6.45) is 2.72. The van der Waals surface area contributed by atoms with Crippen LogP contribution >= 0.6 is 43.5 Å². The van der Waals surface area contributed by atoms with Gasteiger partial charge in [0.25, 0.3) is 5.69 Å². The third-order valence-corrected chi connectivity index (χ3v) is 6.25. The van der Waals surface area contributed by atoms with Crippen molar-refractivity contribution in [2.24, 2.45) is 5.41 Å². The van der Waals surface area contributed by atoms with Crippen LogP contribution in [-0.2, 0) is 0 Å². The van der Waals surface area contributed by atoms with Crippen molar-refractivity contribution in [3.05, 3.63) is 31.2 Å². The zero-order valence-electron chi connectivity index (χ0n) is 11.7. The molecule has 0 saturated heterocycles. The van der Waals surface area contributed by atoms with Gasteiger partial charge < -0.3 is 4.74 Å². The maximum absolute atomic E-state index is 10.9. The summed E-state index contributed by atoms with van der Waals surface area (Å²) in [7, 11) is 0. The van der Waals surface area contributed by atoms with Crippen molar-refractivity contribution in [1.29, 1.82) is 0 Å². The van der Waals surface area contributed by atoms with Gasteiger partial charge in [-0.25, -0.2) is 0 Å². The standard InChI is InChI=1S/C14H16Br2ClNO3/c1-3-14(4-2)11(17)7-12(14)21-13-9(15)5-8(18(19)20)6-10(13)16/h5-6,11-12H,3-4,7H2,1-2H3. The molecule has 0 amide bonds. The molecule has 1 aliphatic rings. The van der Waals surface area contributed by atoms with E-state index in [4.69, 9.17) is 16.3 Å². The molecule has 0 spiro atoms. The van der Waals surface area contributed by atoms with Crippen molar-refractivity contribution in [2.75, 3.05) is 0 Å². The summed E-state index contributed by atoms with van der Waals surface area (Å²) in [4.78, 5) is 10.4. The predicted octanol–water partition coefficient (Wildman–Crippen LogP) is 5.68. The van der Waals surface area contributed by atoms with Gasteiger partial charge in [0.05, 0.1) is 13.9 Å². The first kappa shape index (κ1) is 17.0. The summed E-state index contributed by atoms with van der Waals surface area (Å²) in [5.41, 5.74) is -0.00968. The summed E-state index contributed by atoms with van der Waals surface area (Å²) in [6.45, 7) is 4.24. The fourth-order valence-corrected chi connectivity index (χ4v) is 4.88. The van der Waals surface area contributed by atoms with Crippen LogP contribution in [0.15, 0.2) is 21.1 Å². The van der Waals surface area contributed by atoms with Crippen molar-refractivity contribution >= 4 is 49.1 Å². The fraction of sp³-hybridized carbons (Fsp3) is 0.571. The quantitative estimate of drug-likeness (QED) is 0.335. The lowest BCUT2D eigenvalue weighted by Crippen LogP contribution is -2.56. The van der Waals surface area contributed by atoms with Crippen LogP contribution in [0.4, 0.5) is 5.69 Å². The van der Waals surface area contributed by atoms with E-state index in [-0.39, 0.29) is 22.6 Å². The Bertz CT molecular complexity index is 540. The number of alkyl halides is 1. The molecular weight excluding hydrogens is 425 g/mol. The van der Waals surface area contributed by atoms with Gasteiger partial charge in [-0.3, -0.25) is 10.1 Å². The van der Waals surface area contributed by atoms with Crippen LogP contribution in [0.2, 0.25) is 0 Å². The summed E-state index contributed by atoms with van der Waals surface area (Å²) >= 11 is 13.1. The van der Waals surface area contributed by atoms with Gasteiger partial charge in [0.1, 0.15) is 11.9 Å². The number of ether oxygens (including phenoxy) is 1. The lowest BCUT2D eigenvalue weighted by molar-refractivity contribution is -0.385. The average molecular weight is 442 g/mol. The van der Waals surface area contributed by atoms with Crippen molar-refractivity contribution < 1.29 is 9.66 Å². The lowest BCUT2D eigenvalue weighted by atomic mass is 9.62. The molecule has 0 aromatic heterocycles. The molecule has 0 N–H and O–H groups in total. The molecule has 0 heterocycles. The molecule has 2 rings (SSSR count). The van der Waals surface area contributed by atoms with Gasteiger partial charge in [-0.2, -0.15) is 0 Å². The van der Waals surface area contributed by atoms with Gasteiger partial charge in [-0.05, 0) is 44.7 Å². The third kappa shape index (κ3) is 2.94. The number of benzene rings is 1. The second-order valence-corrected chi connectivity index (χ2v) is 7.48. The molecule has 1 fully saturated rings. The molecular formula is C14H16Br2ClNO3. The Kier molecular flexibility index (Phi) is 5.21. The molecule has 0 radical (unpaired) electrons. The van der Waals surface area contributed by atoms with E-state index in [0.717, 1.165) is 19.3 Å². The number of nitro groups is 1. The lowest BCUT2D eigenvalue weighted by Gasteiger charge is -2.52. The number of hydrogen-bond donors (Lipinski definition) is 0. The molecule has 7 heteroatoms. The minimum atomic E-state index is -0.431. The summed E-state index contributed by atoms with van der Waals surface area (Å²) in [6, 6.07) is 2.91. The highest BCUT2D eigenvalue weighted by Crippen LogP contribution is 2.53. The molecule has 0 aliphatic heterocycles. The third-order valence-electron chi connectivity index (χ3n) is 4.46. The highest BCUT2D eigenvalue weighted by Gasteiger charge is 2.53. The number of rotatable bonds is 5. The van der Waals surface area contributed by atoms with Gasteiger partial charge in [0.15, 0.2) is 0 Å².